The maximum absolute atomic E-state index is 14.2. The number of ether oxygens (including phenoxy) is 2. The molecule has 0 spiro atoms. The molecule has 3 amide bonds. The van der Waals surface area contributed by atoms with Gasteiger partial charge in [0, 0.05) is 57.3 Å². The van der Waals surface area contributed by atoms with Crippen molar-refractivity contribution in [1.29, 1.82) is 0 Å². The van der Waals surface area contributed by atoms with E-state index < -0.39 is 64.2 Å². The molecule has 2 N–H and O–H groups in total. The number of methoxy groups -OCH3 is 2. The second kappa shape index (κ2) is 15.4. The molecule has 2 aliphatic heterocycles. The van der Waals surface area contributed by atoms with Gasteiger partial charge in [0.05, 0.1) is 25.5 Å². The van der Waals surface area contributed by atoms with Crippen LogP contribution in [-0.4, -0.2) is 134 Å². The highest BCUT2D eigenvalue weighted by Gasteiger charge is 2.56. The first-order valence-electron chi connectivity index (χ1n) is 14.3. The van der Waals surface area contributed by atoms with Gasteiger partial charge in [-0.05, 0) is 43.3 Å². The molecule has 1 aromatic carbocycles. The number of anilines is 1. The molecule has 0 bridgehead atoms. The predicted octanol–water partition coefficient (Wildman–Crippen LogP) is -0.415. The zero-order chi connectivity index (χ0) is 33.6. The summed E-state index contributed by atoms with van der Waals surface area (Å²) in [7, 11) is -2.01. The largest absolute Gasteiger partial charge is 0.497 e. The van der Waals surface area contributed by atoms with Gasteiger partial charge in [0.15, 0.2) is 0 Å². The highest BCUT2D eigenvalue weighted by atomic mass is 35.5. The van der Waals surface area contributed by atoms with Crippen LogP contribution >= 0.6 is 12.4 Å². The van der Waals surface area contributed by atoms with Gasteiger partial charge in [-0.25, -0.2) is 13.2 Å². The van der Waals surface area contributed by atoms with Crippen molar-refractivity contribution in [3.05, 3.63) is 48.8 Å². The van der Waals surface area contributed by atoms with E-state index in [0.29, 0.717) is 31.9 Å². The average Bonchev–Trinajstić information content (AvgIpc) is 3.06. The van der Waals surface area contributed by atoms with Gasteiger partial charge in [0.1, 0.15) is 18.3 Å². The molecule has 47 heavy (non-hydrogen) atoms. The number of piperazine rings is 2. The fourth-order valence-corrected chi connectivity index (χ4v) is 6.65. The van der Waals surface area contributed by atoms with E-state index in [2.05, 4.69) is 14.6 Å². The normalized spacial score (nSPS) is 19.0. The molecular formula is C29H37ClN6O10S. The summed E-state index contributed by atoms with van der Waals surface area (Å²) in [5.74, 6) is -4.68. The number of aliphatic carboxylic acids is 1. The van der Waals surface area contributed by atoms with Gasteiger partial charge in [-0.3, -0.25) is 24.2 Å². The van der Waals surface area contributed by atoms with Gasteiger partial charge < -0.3 is 34.2 Å². The van der Waals surface area contributed by atoms with Crippen molar-refractivity contribution in [2.45, 2.75) is 29.8 Å². The van der Waals surface area contributed by atoms with Crippen molar-refractivity contribution in [2.24, 2.45) is 0 Å². The second-order valence-electron chi connectivity index (χ2n) is 10.8. The Bertz CT molecular complexity index is 1570. The molecule has 18 heteroatoms. The molecule has 16 nitrogen and oxygen atoms in total. The number of pyridine rings is 1. The summed E-state index contributed by atoms with van der Waals surface area (Å²) in [4.78, 5) is 74.7. The van der Waals surface area contributed by atoms with Crippen LogP contribution in [0.3, 0.4) is 0 Å². The molecule has 256 valence electrons. The zero-order valence-corrected chi connectivity index (χ0v) is 27.7. The van der Waals surface area contributed by atoms with Crippen LogP contribution in [0.5, 0.6) is 5.75 Å². The fourth-order valence-electron chi connectivity index (χ4n) is 5.46. The third-order valence-corrected chi connectivity index (χ3v) is 9.50. The standard InChI is InChI=1S/C29H36N6O10S.ClH/c1-29(28(41)45-3)27(40)34(19-25(37)38)16-17-35(29)26(39)23(31-46(42,43)22-6-4-21(44-2)5-7-22)18-24(36)33-14-12-32(13-15-33)20-8-10-30-11-9-20;/h4-11,23,31H,12-19H2,1-3H3,(H,37,38);1H/t23-,29-;/m0./s1. The molecule has 4 rings (SSSR count). The van der Waals surface area contributed by atoms with Crippen LogP contribution in [0.2, 0.25) is 0 Å². The molecule has 1 aromatic heterocycles. The minimum absolute atomic E-state index is 0. The van der Waals surface area contributed by atoms with E-state index in [1.54, 1.807) is 12.4 Å². The number of halogens is 1. The van der Waals surface area contributed by atoms with E-state index in [9.17, 15) is 37.5 Å². The van der Waals surface area contributed by atoms with Crippen LogP contribution in [0.1, 0.15) is 13.3 Å². The summed E-state index contributed by atoms with van der Waals surface area (Å²) in [6.45, 7) is 1.32. The molecule has 0 radical (unpaired) electrons. The summed E-state index contributed by atoms with van der Waals surface area (Å²) in [6.07, 6.45) is 2.70. The number of amides is 3. The molecule has 3 heterocycles. The lowest BCUT2D eigenvalue weighted by atomic mass is 9.93. The van der Waals surface area contributed by atoms with Crippen molar-refractivity contribution in [2.75, 3.05) is 64.9 Å². The third-order valence-electron chi connectivity index (χ3n) is 8.02. The highest BCUT2D eigenvalue weighted by molar-refractivity contribution is 7.89. The lowest BCUT2D eigenvalue weighted by molar-refractivity contribution is -0.177. The lowest BCUT2D eigenvalue weighted by Gasteiger charge is -2.46. The van der Waals surface area contributed by atoms with Crippen molar-refractivity contribution in [3.8, 4) is 5.75 Å². The Balaban J connectivity index is 0.00000600. The molecule has 2 saturated heterocycles. The summed E-state index contributed by atoms with van der Waals surface area (Å²) in [6, 6.07) is 7.29. The Kier molecular flexibility index (Phi) is 12.1. The minimum Gasteiger partial charge on any atom is -0.497 e. The zero-order valence-electron chi connectivity index (χ0n) is 26.0. The monoisotopic (exact) mass is 696 g/mol. The molecule has 0 unspecified atom stereocenters. The number of rotatable bonds is 11. The van der Waals surface area contributed by atoms with Gasteiger partial charge >= 0.3 is 11.9 Å². The summed E-state index contributed by atoms with van der Waals surface area (Å²) < 4.78 is 39.2. The van der Waals surface area contributed by atoms with Crippen LogP contribution in [0.25, 0.3) is 0 Å². The number of carbonyl (C=O) groups excluding carboxylic acids is 4. The molecule has 0 aliphatic carbocycles. The predicted molar refractivity (Wildman–Crippen MR) is 168 cm³/mol. The van der Waals surface area contributed by atoms with Gasteiger partial charge in [0.25, 0.3) is 5.91 Å². The maximum Gasteiger partial charge on any atom is 0.341 e. The molecule has 2 atom stereocenters. The van der Waals surface area contributed by atoms with E-state index in [4.69, 9.17) is 9.47 Å². The SMILES string of the molecule is COC(=O)[C@]1(C)C(=O)N(CC(=O)O)CCN1C(=O)[C@H](CC(=O)N1CCN(c2ccncc2)CC1)NS(=O)(=O)c1ccc(OC)cc1.Cl. The smallest absolute Gasteiger partial charge is 0.341 e. The van der Waals surface area contributed by atoms with Crippen LogP contribution in [0.15, 0.2) is 53.7 Å². The summed E-state index contributed by atoms with van der Waals surface area (Å²) in [5, 5.41) is 9.26. The van der Waals surface area contributed by atoms with E-state index in [0.717, 1.165) is 29.5 Å². The number of hydrogen-bond acceptors (Lipinski definition) is 11. The topological polar surface area (TPSA) is 196 Å². The first kappa shape index (κ1) is 37.0. The Morgan fingerprint density at radius 3 is 2.15 bits per heavy atom. The Labute approximate surface area is 278 Å². The Morgan fingerprint density at radius 1 is 0.979 bits per heavy atom. The maximum atomic E-state index is 14.2. The molecule has 0 saturated carbocycles. The quantitative estimate of drug-likeness (QED) is 0.228. The molecule has 2 aliphatic rings. The fraction of sp³-hybridized carbons (Fsp3) is 0.448. The second-order valence-corrected chi connectivity index (χ2v) is 12.5. The van der Waals surface area contributed by atoms with Gasteiger partial charge in [-0.2, -0.15) is 4.72 Å². The number of nitrogens with one attached hydrogen (secondary N) is 1. The molecular weight excluding hydrogens is 660 g/mol. The number of carboxylic acids is 1. The number of aromatic nitrogens is 1. The summed E-state index contributed by atoms with van der Waals surface area (Å²) in [5.41, 5.74) is -1.40. The Morgan fingerprint density at radius 2 is 1.60 bits per heavy atom. The van der Waals surface area contributed by atoms with Crippen molar-refractivity contribution < 1.29 is 47.0 Å². The number of sulfonamides is 1. The lowest BCUT2D eigenvalue weighted by Crippen LogP contribution is -2.72. The van der Waals surface area contributed by atoms with E-state index in [1.165, 1.54) is 36.3 Å². The van der Waals surface area contributed by atoms with Crippen molar-refractivity contribution in [3.63, 3.8) is 0 Å². The summed E-state index contributed by atoms with van der Waals surface area (Å²) >= 11 is 0. The van der Waals surface area contributed by atoms with Crippen LogP contribution in [-0.2, 0) is 38.7 Å². The third kappa shape index (κ3) is 8.09. The number of carboxylic acid groups (broad SMARTS) is 1. The Hall–Kier alpha value is -4.48. The van der Waals surface area contributed by atoms with E-state index >= 15 is 0 Å². The minimum atomic E-state index is -4.42. The highest BCUT2D eigenvalue weighted by Crippen LogP contribution is 2.27. The first-order chi connectivity index (χ1) is 21.8. The molecule has 2 aromatic rings. The number of esters is 1. The van der Waals surface area contributed by atoms with E-state index in [-0.39, 0.29) is 30.4 Å². The average molecular weight is 697 g/mol. The van der Waals surface area contributed by atoms with Crippen LogP contribution < -0.4 is 14.4 Å². The molecule has 2 fully saturated rings. The first-order valence-corrected chi connectivity index (χ1v) is 15.8. The van der Waals surface area contributed by atoms with Crippen molar-refractivity contribution >= 4 is 57.8 Å². The van der Waals surface area contributed by atoms with Gasteiger partial charge in [-0.15, -0.1) is 12.4 Å². The number of hydrogen-bond donors (Lipinski definition) is 2. The van der Waals surface area contributed by atoms with Crippen LogP contribution in [0.4, 0.5) is 5.69 Å². The number of benzene rings is 1. The van der Waals surface area contributed by atoms with Crippen molar-refractivity contribution in [1.82, 2.24) is 24.4 Å². The van der Waals surface area contributed by atoms with Crippen LogP contribution in [0, 0.1) is 0 Å². The van der Waals surface area contributed by atoms with Gasteiger partial charge in [-0.1, -0.05) is 0 Å². The van der Waals surface area contributed by atoms with Gasteiger partial charge in [0.2, 0.25) is 27.4 Å². The number of carbonyl (C=O) groups is 5. The van der Waals surface area contributed by atoms with E-state index in [1.807, 2.05) is 12.1 Å². The number of nitrogens with zero attached hydrogens (tertiary/aromatic N) is 5.